The zero-order chi connectivity index (χ0) is 13.2. The number of rotatable bonds is 4. The van der Waals surface area contributed by atoms with Gasteiger partial charge in [-0.15, -0.1) is 0 Å². The molecule has 0 saturated carbocycles. The second-order valence-electron chi connectivity index (χ2n) is 3.96. The molecule has 0 aliphatic rings. The van der Waals surface area contributed by atoms with Crippen LogP contribution in [0.4, 0.5) is 0 Å². The number of hydrogen-bond acceptors (Lipinski definition) is 3. The molecule has 1 heterocycles. The van der Waals surface area contributed by atoms with E-state index in [2.05, 4.69) is 11.9 Å². The van der Waals surface area contributed by atoms with E-state index in [1.807, 2.05) is 6.92 Å². The third-order valence-corrected chi connectivity index (χ3v) is 4.54. The van der Waals surface area contributed by atoms with Crippen LogP contribution in [0.3, 0.4) is 0 Å². The molecule has 6 heteroatoms. The number of nitrogens with zero attached hydrogens (tertiary/aromatic N) is 1. The molecule has 0 atom stereocenters. The van der Waals surface area contributed by atoms with Crippen molar-refractivity contribution in [3.05, 3.63) is 22.0 Å². The molecule has 0 bridgehead atoms. The van der Waals surface area contributed by atoms with Crippen molar-refractivity contribution in [1.29, 1.82) is 0 Å². The van der Waals surface area contributed by atoms with E-state index in [1.165, 1.54) is 0 Å². The topological polar surface area (TPSA) is 47.0 Å². The van der Waals surface area contributed by atoms with Gasteiger partial charge in [-0.25, -0.2) is 13.4 Å². The Hall–Kier alpha value is -0.320. The predicted octanol–water partition coefficient (Wildman–Crippen LogP) is 3.62. The smallest absolute Gasteiger partial charge is 0.240 e. The van der Waals surface area contributed by atoms with Crippen molar-refractivity contribution in [3.63, 3.8) is 0 Å². The van der Waals surface area contributed by atoms with Crippen molar-refractivity contribution in [2.45, 2.75) is 44.9 Å². The predicted molar refractivity (Wildman–Crippen MR) is 70.4 cm³/mol. The average Bonchev–Trinajstić information content (AvgIpc) is 2.14. The van der Waals surface area contributed by atoms with Gasteiger partial charge in [-0.1, -0.05) is 24.9 Å². The lowest BCUT2D eigenvalue weighted by Crippen LogP contribution is -2.05. The van der Waals surface area contributed by atoms with Gasteiger partial charge in [0.25, 0.3) is 9.05 Å². The number of aromatic nitrogens is 1. The summed E-state index contributed by atoms with van der Waals surface area (Å²) >= 11 is 5.85. The maximum atomic E-state index is 11.5. The highest BCUT2D eigenvalue weighted by atomic mass is 35.7. The fourth-order valence-electron chi connectivity index (χ4n) is 1.83. The number of halogens is 2. The number of pyridine rings is 1. The Balaban J connectivity index is 3.43. The van der Waals surface area contributed by atoms with E-state index < -0.39 is 9.05 Å². The molecule has 1 aromatic heterocycles. The van der Waals surface area contributed by atoms with E-state index in [0.29, 0.717) is 5.56 Å². The number of hydrogen-bond donors (Lipinski definition) is 0. The summed E-state index contributed by atoms with van der Waals surface area (Å²) in [5.74, 6) is 0. The van der Waals surface area contributed by atoms with Crippen molar-refractivity contribution in [1.82, 2.24) is 4.98 Å². The quantitative estimate of drug-likeness (QED) is 0.629. The molecule has 96 valence electrons. The normalized spacial score (nSPS) is 11.8. The van der Waals surface area contributed by atoms with Crippen molar-refractivity contribution in [2.24, 2.45) is 0 Å². The highest BCUT2D eigenvalue weighted by Gasteiger charge is 2.22. The molecule has 0 saturated heterocycles. The first-order chi connectivity index (χ1) is 7.79. The third-order valence-electron chi connectivity index (χ3n) is 2.71. The summed E-state index contributed by atoms with van der Waals surface area (Å²) in [6.45, 7) is 5.63. The van der Waals surface area contributed by atoms with E-state index in [-0.39, 0.29) is 10.0 Å². The molecule has 0 aromatic carbocycles. The van der Waals surface area contributed by atoms with Crippen molar-refractivity contribution in [3.8, 4) is 0 Å². The van der Waals surface area contributed by atoms with Crippen LogP contribution in [0, 0.1) is 13.8 Å². The van der Waals surface area contributed by atoms with E-state index in [4.69, 9.17) is 22.3 Å². The van der Waals surface area contributed by atoms with Gasteiger partial charge in [-0.2, -0.15) is 0 Å². The second kappa shape index (κ2) is 5.55. The minimum Gasteiger partial charge on any atom is -0.240 e. The van der Waals surface area contributed by atoms with Gasteiger partial charge in [-0.3, -0.25) is 0 Å². The van der Waals surface area contributed by atoms with E-state index in [0.717, 1.165) is 30.5 Å². The summed E-state index contributed by atoms with van der Waals surface area (Å²) in [5, 5.41) is -0.0461. The van der Waals surface area contributed by atoms with E-state index in [9.17, 15) is 8.42 Å². The lowest BCUT2D eigenvalue weighted by molar-refractivity contribution is 0.608. The van der Waals surface area contributed by atoms with Crippen LogP contribution in [-0.4, -0.2) is 13.4 Å². The Morgan fingerprint density at radius 3 is 2.35 bits per heavy atom. The highest BCUT2D eigenvalue weighted by molar-refractivity contribution is 8.13. The monoisotopic (exact) mass is 295 g/mol. The summed E-state index contributed by atoms with van der Waals surface area (Å²) in [5.41, 5.74) is 2.31. The van der Waals surface area contributed by atoms with Crippen LogP contribution in [-0.2, 0) is 15.5 Å². The molecule has 0 amide bonds. The third kappa shape index (κ3) is 3.33. The van der Waals surface area contributed by atoms with Crippen LogP contribution >= 0.6 is 22.3 Å². The zero-order valence-electron chi connectivity index (χ0n) is 10.0. The van der Waals surface area contributed by atoms with Crippen LogP contribution < -0.4 is 0 Å². The molecule has 0 radical (unpaired) electrons. The zero-order valence-corrected chi connectivity index (χ0v) is 12.4. The highest BCUT2D eigenvalue weighted by Crippen LogP contribution is 2.30. The molecule has 0 fully saturated rings. The van der Waals surface area contributed by atoms with Crippen LogP contribution in [0.1, 0.15) is 36.6 Å². The molecule has 17 heavy (non-hydrogen) atoms. The summed E-state index contributed by atoms with van der Waals surface area (Å²) in [4.78, 5) is 4.00. The van der Waals surface area contributed by atoms with Gasteiger partial charge in [0.2, 0.25) is 0 Å². The average molecular weight is 296 g/mol. The Bertz CT molecular complexity index is 527. The lowest BCUT2D eigenvalue weighted by Gasteiger charge is -2.13. The Labute approximate surface area is 112 Å². The van der Waals surface area contributed by atoms with Crippen LogP contribution in [0.2, 0.25) is 5.15 Å². The van der Waals surface area contributed by atoms with Gasteiger partial charge in [0, 0.05) is 16.4 Å². The molecule has 1 rings (SSSR count). The van der Waals surface area contributed by atoms with Gasteiger partial charge in [-0.05, 0) is 37.8 Å². The Morgan fingerprint density at radius 1 is 1.29 bits per heavy atom. The number of unbranched alkanes of at least 4 members (excludes halogenated alkanes) is 1. The summed E-state index contributed by atoms with van der Waals surface area (Å²) < 4.78 is 22.9. The van der Waals surface area contributed by atoms with Gasteiger partial charge in [0.05, 0.1) is 0 Å². The molecule has 1 aromatic rings. The maximum absolute atomic E-state index is 11.5. The fraction of sp³-hybridized carbons (Fsp3) is 0.545. The van der Waals surface area contributed by atoms with Gasteiger partial charge < -0.3 is 0 Å². The molecule has 3 nitrogen and oxygen atoms in total. The summed E-state index contributed by atoms with van der Waals surface area (Å²) in [6.07, 6.45) is 2.80. The Morgan fingerprint density at radius 2 is 1.88 bits per heavy atom. The van der Waals surface area contributed by atoms with Crippen LogP contribution in [0.5, 0.6) is 0 Å². The molecule has 0 N–H and O–H groups in total. The summed E-state index contributed by atoms with van der Waals surface area (Å²) in [7, 11) is 1.52. The Kier molecular flexibility index (Phi) is 4.81. The fourth-order valence-corrected chi connectivity index (χ4v) is 3.83. The van der Waals surface area contributed by atoms with Crippen molar-refractivity contribution >= 4 is 31.3 Å². The van der Waals surface area contributed by atoms with Gasteiger partial charge in [0.15, 0.2) is 0 Å². The molecular formula is C11H15Cl2NO2S. The van der Waals surface area contributed by atoms with Crippen molar-refractivity contribution in [2.75, 3.05) is 0 Å². The van der Waals surface area contributed by atoms with Gasteiger partial charge in [0.1, 0.15) is 10.0 Å². The first-order valence-corrected chi connectivity index (χ1v) is 8.08. The molecule has 0 unspecified atom stereocenters. The molecule has 0 aliphatic carbocycles. The van der Waals surface area contributed by atoms with Crippen LogP contribution in [0.25, 0.3) is 0 Å². The summed E-state index contributed by atoms with van der Waals surface area (Å²) in [6, 6.07) is 0. The second-order valence-corrected chi connectivity index (χ2v) is 6.82. The first kappa shape index (κ1) is 14.7. The SMILES string of the molecule is CCCCc1c(C)nc(Cl)c(S(=O)(=O)Cl)c1C. The molecule has 0 aliphatic heterocycles. The minimum absolute atomic E-state index is 0.0461. The van der Waals surface area contributed by atoms with E-state index >= 15 is 0 Å². The first-order valence-electron chi connectivity index (χ1n) is 5.39. The largest absolute Gasteiger partial charge is 0.264 e. The van der Waals surface area contributed by atoms with Crippen LogP contribution in [0.15, 0.2) is 4.90 Å². The molecular weight excluding hydrogens is 281 g/mol. The van der Waals surface area contributed by atoms with Gasteiger partial charge >= 0.3 is 0 Å². The van der Waals surface area contributed by atoms with Crippen molar-refractivity contribution < 1.29 is 8.42 Å². The molecule has 0 spiro atoms. The standard InChI is InChI=1S/C11H15Cl2NO2S/c1-4-5-6-9-7(2)10(17(13,15)16)11(12)14-8(9)3/h4-6H2,1-3H3. The lowest BCUT2D eigenvalue weighted by atomic mass is 10.0. The minimum atomic E-state index is -3.85. The number of aryl methyl sites for hydroxylation is 1. The maximum Gasteiger partial charge on any atom is 0.264 e. The van der Waals surface area contributed by atoms with E-state index in [1.54, 1.807) is 6.92 Å².